The molecule has 2 aromatic rings. The maximum Gasteiger partial charge on any atom is 0.150 e. The molecule has 0 spiro atoms. The van der Waals surface area contributed by atoms with Gasteiger partial charge in [0.2, 0.25) is 0 Å². The first-order valence-corrected chi connectivity index (χ1v) is 5.46. The highest BCUT2D eigenvalue weighted by Gasteiger charge is 2.02. The van der Waals surface area contributed by atoms with Gasteiger partial charge in [0.05, 0.1) is 5.69 Å². The van der Waals surface area contributed by atoms with Crippen molar-refractivity contribution < 1.29 is 4.74 Å². The molecule has 0 aliphatic carbocycles. The van der Waals surface area contributed by atoms with Crippen molar-refractivity contribution in [3.63, 3.8) is 0 Å². The third kappa shape index (κ3) is 2.69. The molecule has 0 heterocycles. The lowest BCUT2D eigenvalue weighted by Gasteiger charge is -2.14. The van der Waals surface area contributed by atoms with Crippen LogP contribution in [0, 0.1) is 0 Å². The summed E-state index contributed by atoms with van der Waals surface area (Å²) in [4.78, 5) is 2.03. The normalized spacial score (nSPS) is 10.0. The Morgan fingerprint density at radius 1 is 1.00 bits per heavy atom. The zero-order valence-corrected chi connectivity index (χ0v) is 10.1. The van der Waals surface area contributed by atoms with E-state index in [0.717, 1.165) is 11.4 Å². The third-order valence-corrected chi connectivity index (χ3v) is 2.48. The van der Waals surface area contributed by atoms with Gasteiger partial charge in [-0.05, 0) is 24.3 Å². The smallest absolute Gasteiger partial charge is 0.150 e. The van der Waals surface area contributed by atoms with Crippen LogP contribution in [0.15, 0.2) is 48.5 Å². The van der Waals surface area contributed by atoms with Gasteiger partial charge < -0.3 is 15.4 Å². The van der Waals surface area contributed by atoms with Crippen LogP contribution in [0.1, 0.15) is 0 Å². The summed E-state index contributed by atoms with van der Waals surface area (Å²) >= 11 is 0. The maximum atomic E-state index is 5.83. The molecule has 0 atom stereocenters. The van der Waals surface area contributed by atoms with Gasteiger partial charge in [-0.25, -0.2) is 0 Å². The molecule has 0 amide bonds. The number of ether oxygens (including phenoxy) is 1. The van der Waals surface area contributed by atoms with Crippen LogP contribution in [-0.2, 0) is 0 Å². The first kappa shape index (κ1) is 11.3. The van der Waals surface area contributed by atoms with Gasteiger partial charge in [0, 0.05) is 25.8 Å². The highest BCUT2D eigenvalue weighted by atomic mass is 16.5. The topological polar surface area (TPSA) is 38.5 Å². The summed E-state index contributed by atoms with van der Waals surface area (Å²) in [5.74, 6) is 1.47. The summed E-state index contributed by atoms with van der Waals surface area (Å²) in [7, 11) is 3.99. The molecule has 2 rings (SSSR count). The molecule has 0 aliphatic rings. The molecule has 0 aliphatic heterocycles. The minimum Gasteiger partial charge on any atom is -0.455 e. The number of hydrogen-bond acceptors (Lipinski definition) is 3. The molecule has 0 saturated heterocycles. The van der Waals surface area contributed by atoms with Crippen molar-refractivity contribution in [2.75, 3.05) is 24.7 Å². The van der Waals surface area contributed by atoms with Crippen LogP contribution in [0.5, 0.6) is 11.5 Å². The van der Waals surface area contributed by atoms with Crippen LogP contribution in [0.2, 0.25) is 0 Å². The zero-order chi connectivity index (χ0) is 12.3. The molecule has 3 heteroatoms. The van der Waals surface area contributed by atoms with Crippen LogP contribution in [-0.4, -0.2) is 14.1 Å². The van der Waals surface area contributed by atoms with Crippen molar-refractivity contribution in [2.24, 2.45) is 0 Å². The minimum atomic E-state index is 0.641. The van der Waals surface area contributed by atoms with E-state index in [1.807, 2.05) is 67.5 Å². The first-order chi connectivity index (χ1) is 8.16. The fourth-order valence-corrected chi connectivity index (χ4v) is 1.53. The van der Waals surface area contributed by atoms with Crippen LogP contribution in [0.25, 0.3) is 0 Å². The van der Waals surface area contributed by atoms with E-state index >= 15 is 0 Å². The summed E-state index contributed by atoms with van der Waals surface area (Å²) < 4.78 is 5.75. The largest absolute Gasteiger partial charge is 0.455 e. The predicted octanol–water partition coefficient (Wildman–Crippen LogP) is 3.13. The Hall–Kier alpha value is -2.16. The maximum absolute atomic E-state index is 5.83. The Balaban J connectivity index is 2.25. The molecular formula is C14H16N2O. The van der Waals surface area contributed by atoms with E-state index in [2.05, 4.69) is 0 Å². The molecule has 0 fully saturated rings. The predicted molar refractivity (Wildman–Crippen MR) is 71.7 cm³/mol. The minimum absolute atomic E-state index is 0.641. The fraction of sp³-hybridized carbons (Fsp3) is 0.143. The number of rotatable bonds is 3. The number of hydrogen-bond donors (Lipinski definition) is 1. The molecule has 88 valence electrons. The molecule has 2 N–H and O–H groups in total. The van der Waals surface area contributed by atoms with E-state index in [0.29, 0.717) is 11.4 Å². The van der Waals surface area contributed by atoms with E-state index in [9.17, 15) is 0 Å². The molecular weight excluding hydrogens is 212 g/mol. The number of nitrogens with zero attached hydrogens (tertiary/aromatic N) is 1. The first-order valence-electron chi connectivity index (χ1n) is 5.46. The Morgan fingerprint density at radius 2 is 1.76 bits per heavy atom. The lowest BCUT2D eigenvalue weighted by Crippen LogP contribution is -2.08. The quantitative estimate of drug-likeness (QED) is 0.820. The van der Waals surface area contributed by atoms with E-state index in [1.165, 1.54) is 0 Å². The molecule has 0 saturated carbocycles. The standard InChI is InChI=1S/C14H16N2O/c1-16(2)11-6-5-7-12(10-11)17-14-9-4-3-8-13(14)15/h3-10H,15H2,1-2H3. The summed E-state index contributed by atoms with van der Waals surface area (Å²) in [6, 6.07) is 15.4. The summed E-state index contributed by atoms with van der Waals surface area (Å²) in [5, 5.41) is 0. The summed E-state index contributed by atoms with van der Waals surface area (Å²) in [6.07, 6.45) is 0. The highest BCUT2D eigenvalue weighted by molar-refractivity contribution is 5.55. The van der Waals surface area contributed by atoms with E-state index in [1.54, 1.807) is 0 Å². The monoisotopic (exact) mass is 228 g/mol. The van der Waals surface area contributed by atoms with Crippen LogP contribution >= 0.6 is 0 Å². The zero-order valence-electron chi connectivity index (χ0n) is 10.1. The average Bonchev–Trinajstić information content (AvgIpc) is 2.32. The van der Waals surface area contributed by atoms with Gasteiger partial charge in [-0.3, -0.25) is 0 Å². The highest BCUT2D eigenvalue weighted by Crippen LogP contribution is 2.28. The van der Waals surface area contributed by atoms with Crippen molar-refractivity contribution in [3.05, 3.63) is 48.5 Å². The van der Waals surface area contributed by atoms with Crippen molar-refractivity contribution in [2.45, 2.75) is 0 Å². The van der Waals surface area contributed by atoms with Gasteiger partial charge in [-0.15, -0.1) is 0 Å². The number of anilines is 2. The second-order valence-corrected chi connectivity index (χ2v) is 4.03. The second kappa shape index (κ2) is 4.78. The molecule has 0 bridgehead atoms. The van der Waals surface area contributed by atoms with Gasteiger partial charge in [-0.1, -0.05) is 18.2 Å². The Kier molecular flexibility index (Phi) is 3.19. The second-order valence-electron chi connectivity index (χ2n) is 4.03. The number of nitrogen functional groups attached to an aromatic ring is 1. The van der Waals surface area contributed by atoms with E-state index < -0.39 is 0 Å². The van der Waals surface area contributed by atoms with Gasteiger partial charge in [0.15, 0.2) is 0 Å². The Morgan fingerprint density at radius 3 is 2.47 bits per heavy atom. The van der Waals surface area contributed by atoms with Crippen molar-refractivity contribution in [1.29, 1.82) is 0 Å². The lowest BCUT2D eigenvalue weighted by atomic mass is 10.2. The third-order valence-electron chi connectivity index (χ3n) is 2.48. The molecule has 17 heavy (non-hydrogen) atoms. The van der Waals surface area contributed by atoms with Gasteiger partial charge >= 0.3 is 0 Å². The van der Waals surface area contributed by atoms with E-state index in [4.69, 9.17) is 10.5 Å². The van der Waals surface area contributed by atoms with Gasteiger partial charge in [0.25, 0.3) is 0 Å². The van der Waals surface area contributed by atoms with Gasteiger partial charge in [0.1, 0.15) is 11.5 Å². The molecule has 0 unspecified atom stereocenters. The number of para-hydroxylation sites is 2. The average molecular weight is 228 g/mol. The molecule has 3 nitrogen and oxygen atoms in total. The van der Waals surface area contributed by atoms with Crippen LogP contribution < -0.4 is 15.4 Å². The van der Waals surface area contributed by atoms with Crippen molar-refractivity contribution in [1.82, 2.24) is 0 Å². The van der Waals surface area contributed by atoms with Crippen molar-refractivity contribution >= 4 is 11.4 Å². The lowest BCUT2D eigenvalue weighted by molar-refractivity contribution is 0.485. The number of benzene rings is 2. The summed E-state index contributed by atoms with van der Waals surface area (Å²) in [5.41, 5.74) is 7.57. The Bertz CT molecular complexity index is 509. The molecule has 0 aromatic heterocycles. The Labute approximate surface area is 101 Å². The molecule has 2 aromatic carbocycles. The van der Waals surface area contributed by atoms with Crippen LogP contribution in [0.4, 0.5) is 11.4 Å². The summed E-state index contributed by atoms with van der Waals surface area (Å²) in [6.45, 7) is 0. The number of nitrogens with two attached hydrogens (primary N) is 1. The van der Waals surface area contributed by atoms with Crippen molar-refractivity contribution in [3.8, 4) is 11.5 Å². The molecule has 0 radical (unpaired) electrons. The van der Waals surface area contributed by atoms with Gasteiger partial charge in [-0.2, -0.15) is 0 Å². The van der Waals surface area contributed by atoms with Crippen LogP contribution in [0.3, 0.4) is 0 Å². The fourth-order valence-electron chi connectivity index (χ4n) is 1.53. The SMILES string of the molecule is CN(C)c1cccc(Oc2ccccc2N)c1. The van der Waals surface area contributed by atoms with E-state index in [-0.39, 0.29) is 0 Å².